The maximum absolute atomic E-state index is 12.6. The Morgan fingerprint density at radius 2 is 1.60 bits per heavy atom. The van der Waals surface area contributed by atoms with E-state index < -0.39 is 5.97 Å². The van der Waals surface area contributed by atoms with Crippen molar-refractivity contribution in [1.29, 1.82) is 5.26 Å². The molecule has 150 valence electrons. The first-order valence-electron chi connectivity index (χ1n) is 9.31. The van der Waals surface area contributed by atoms with Gasteiger partial charge in [-0.1, -0.05) is 36.0 Å². The molecule has 0 atom stereocenters. The van der Waals surface area contributed by atoms with Gasteiger partial charge in [0.2, 0.25) is 0 Å². The van der Waals surface area contributed by atoms with Crippen LogP contribution in [0.5, 0.6) is 5.75 Å². The van der Waals surface area contributed by atoms with Crippen molar-refractivity contribution in [3.05, 3.63) is 89.5 Å². The van der Waals surface area contributed by atoms with Gasteiger partial charge in [-0.25, -0.2) is 4.79 Å². The van der Waals surface area contributed by atoms with Crippen LogP contribution in [0.25, 0.3) is 0 Å². The fraction of sp³-hybridized carbons (Fsp3) is 0.125. The molecule has 0 heterocycles. The van der Waals surface area contributed by atoms with Gasteiger partial charge in [0.15, 0.2) is 12.4 Å². The van der Waals surface area contributed by atoms with Gasteiger partial charge in [0.25, 0.3) is 0 Å². The average Bonchev–Trinajstić information content (AvgIpc) is 2.78. The third-order valence-electron chi connectivity index (χ3n) is 4.16. The summed E-state index contributed by atoms with van der Waals surface area (Å²) >= 11 is 1.31. The number of benzene rings is 3. The van der Waals surface area contributed by atoms with Crippen LogP contribution in [0.2, 0.25) is 0 Å². The molecule has 0 unspecified atom stereocenters. The second-order valence-corrected chi connectivity index (χ2v) is 7.25. The van der Waals surface area contributed by atoms with Gasteiger partial charge in [-0.2, -0.15) is 5.26 Å². The fourth-order valence-corrected chi connectivity index (χ4v) is 3.70. The van der Waals surface area contributed by atoms with Crippen LogP contribution in [0.15, 0.2) is 82.6 Å². The van der Waals surface area contributed by atoms with Crippen molar-refractivity contribution in [1.82, 2.24) is 0 Å². The summed E-state index contributed by atoms with van der Waals surface area (Å²) in [6, 6.07) is 23.0. The summed E-state index contributed by atoms with van der Waals surface area (Å²) in [7, 11) is 0. The molecule has 3 rings (SSSR count). The third kappa shape index (κ3) is 5.28. The lowest BCUT2D eigenvalue weighted by Gasteiger charge is -2.10. The molecule has 3 aromatic carbocycles. The molecule has 0 amide bonds. The first kappa shape index (κ1) is 21.2. The van der Waals surface area contributed by atoms with Gasteiger partial charge in [0.1, 0.15) is 11.8 Å². The van der Waals surface area contributed by atoms with Crippen LogP contribution in [0.1, 0.15) is 33.2 Å². The molecular formula is C24H19NO4S. The fourth-order valence-electron chi connectivity index (χ4n) is 2.69. The normalized spacial score (nSPS) is 10.1. The molecule has 0 aliphatic rings. The minimum absolute atomic E-state index is 0.300. The Balaban J connectivity index is 1.69. The van der Waals surface area contributed by atoms with E-state index in [1.165, 1.54) is 11.8 Å². The van der Waals surface area contributed by atoms with Crippen LogP contribution in [-0.4, -0.2) is 25.0 Å². The third-order valence-corrected chi connectivity index (χ3v) is 5.31. The predicted molar refractivity (Wildman–Crippen MR) is 114 cm³/mol. The first-order chi connectivity index (χ1) is 14.6. The molecule has 0 saturated heterocycles. The Labute approximate surface area is 179 Å². The molecule has 0 bridgehead atoms. The van der Waals surface area contributed by atoms with E-state index >= 15 is 0 Å². The molecule has 0 radical (unpaired) electrons. The van der Waals surface area contributed by atoms with Crippen LogP contribution in [0, 0.1) is 11.3 Å². The standard InChI is InChI=1S/C24H19NO4S/c1-2-28-19-13-11-17(12-14-19)21(26)16-29-24(27)20-8-4-6-10-23(20)30-22-9-5-3-7-18(22)15-25/h3-14H,2,16H2,1H3. The number of carbonyl (C=O) groups excluding carboxylic acids is 2. The van der Waals surface area contributed by atoms with Crippen molar-refractivity contribution >= 4 is 23.5 Å². The Kier molecular flexibility index (Phi) is 7.25. The molecule has 5 nitrogen and oxygen atoms in total. The van der Waals surface area contributed by atoms with Crippen molar-refractivity contribution in [3.8, 4) is 11.8 Å². The summed E-state index contributed by atoms with van der Waals surface area (Å²) in [5, 5.41) is 9.28. The summed E-state index contributed by atoms with van der Waals surface area (Å²) in [6.45, 7) is 2.06. The SMILES string of the molecule is CCOc1ccc(C(=O)COC(=O)c2ccccc2Sc2ccccc2C#N)cc1. The highest BCUT2D eigenvalue weighted by molar-refractivity contribution is 7.99. The molecule has 0 saturated carbocycles. The first-order valence-corrected chi connectivity index (χ1v) is 10.1. The summed E-state index contributed by atoms with van der Waals surface area (Å²) in [4.78, 5) is 26.4. The summed E-state index contributed by atoms with van der Waals surface area (Å²) in [5.41, 5.74) is 1.31. The Morgan fingerprint density at radius 1 is 0.933 bits per heavy atom. The zero-order valence-corrected chi connectivity index (χ0v) is 17.1. The van der Waals surface area contributed by atoms with E-state index in [0.29, 0.717) is 33.9 Å². The number of nitriles is 1. The summed E-state index contributed by atoms with van der Waals surface area (Å²) in [5.74, 6) is -0.215. The lowest BCUT2D eigenvalue weighted by atomic mass is 10.1. The zero-order valence-electron chi connectivity index (χ0n) is 16.3. The second-order valence-electron chi connectivity index (χ2n) is 6.16. The number of rotatable bonds is 8. The van der Waals surface area contributed by atoms with E-state index in [1.807, 2.05) is 19.1 Å². The number of esters is 1. The second kappa shape index (κ2) is 10.3. The van der Waals surface area contributed by atoms with Gasteiger partial charge in [-0.05, 0) is 55.5 Å². The molecule has 3 aromatic rings. The Morgan fingerprint density at radius 3 is 2.30 bits per heavy atom. The van der Waals surface area contributed by atoms with Crippen molar-refractivity contribution in [2.24, 2.45) is 0 Å². The molecular weight excluding hydrogens is 398 g/mol. The van der Waals surface area contributed by atoms with Gasteiger partial charge in [-0.3, -0.25) is 4.79 Å². The molecule has 0 aliphatic carbocycles. The molecule has 6 heteroatoms. The highest BCUT2D eigenvalue weighted by atomic mass is 32.2. The Bertz CT molecular complexity index is 1090. The quantitative estimate of drug-likeness (QED) is 0.373. The Hall–Kier alpha value is -3.56. The van der Waals surface area contributed by atoms with E-state index in [2.05, 4.69) is 6.07 Å². The molecule has 0 aliphatic heterocycles. The molecule has 0 fully saturated rings. The van der Waals surface area contributed by atoms with Crippen molar-refractivity contribution < 1.29 is 19.1 Å². The molecule has 0 spiro atoms. The van der Waals surface area contributed by atoms with E-state index in [4.69, 9.17) is 9.47 Å². The minimum Gasteiger partial charge on any atom is -0.494 e. The number of hydrogen-bond acceptors (Lipinski definition) is 6. The van der Waals surface area contributed by atoms with E-state index in [9.17, 15) is 14.9 Å². The highest BCUT2D eigenvalue weighted by Gasteiger charge is 2.17. The van der Waals surface area contributed by atoms with Gasteiger partial charge in [-0.15, -0.1) is 0 Å². The summed E-state index contributed by atoms with van der Waals surface area (Å²) in [6.07, 6.45) is 0. The highest BCUT2D eigenvalue weighted by Crippen LogP contribution is 2.32. The van der Waals surface area contributed by atoms with E-state index in [1.54, 1.807) is 60.7 Å². The van der Waals surface area contributed by atoms with E-state index in [0.717, 1.165) is 4.90 Å². The number of Topliss-reactive ketones (excluding diaryl/α,β-unsaturated/α-hetero) is 1. The smallest absolute Gasteiger partial charge is 0.339 e. The van der Waals surface area contributed by atoms with Crippen LogP contribution in [0.4, 0.5) is 0 Å². The lowest BCUT2D eigenvalue weighted by Crippen LogP contribution is -2.15. The van der Waals surface area contributed by atoms with Crippen LogP contribution >= 0.6 is 11.8 Å². The van der Waals surface area contributed by atoms with Crippen LogP contribution in [0.3, 0.4) is 0 Å². The molecule has 0 N–H and O–H groups in total. The van der Waals surface area contributed by atoms with Crippen molar-refractivity contribution in [3.63, 3.8) is 0 Å². The largest absolute Gasteiger partial charge is 0.494 e. The monoisotopic (exact) mass is 417 g/mol. The number of carbonyl (C=O) groups is 2. The van der Waals surface area contributed by atoms with Crippen LogP contribution in [-0.2, 0) is 4.74 Å². The lowest BCUT2D eigenvalue weighted by molar-refractivity contribution is 0.0471. The van der Waals surface area contributed by atoms with Crippen molar-refractivity contribution in [2.75, 3.05) is 13.2 Å². The number of nitrogens with zero attached hydrogens (tertiary/aromatic N) is 1. The van der Waals surface area contributed by atoms with Crippen LogP contribution < -0.4 is 4.74 Å². The topological polar surface area (TPSA) is 76.4 Å². The van der Waals surface area contributed by atoms with Gasteiger partial charge < -0.3 is 9.47 Å². The zero-order chi connectivity index (χ0) is 21.3. The number of hydrogen-bond donors (Lipinski definition) is 0. The van der Waals surface area contributed by atoms with Gasteiger partial charge in [0.05, 0.1) is 17.7 Å². The molecule has 0 aromatic heterocycles. The predicted octanol–water partition coefficient (Wildman–Crippen LogP) is 5.15. The average molecular weight is 417 g/mol. The maximum Gasteiger partial charge on any atom is 0.339 e. The summed E-state index contributed by atoms with van der Waals surface area (Å²) < 4.78 is 10.6. The maximum atomic E-state index is 12.6. The number of ketones is 1. The number of ether oxygens (including phenoxy) is 2. The minimum atomic E-state index is -0.591. The molecule has 30 heavy (non-hydrogen) atoms. The van der Waals surface area contributed by atoms with Gasteiger partial charge in [0, 0.05) is 15.4 Å². The van der Waals surface area contributed by atoms with Crippen molar-refractivity contribution in [2.45, 2.75) is 16.7 Å². The van der Waals surface area contributed by atoms with Gasteiger partial charge >= 0.3 is 5.97 Å². The van der Waals surface area contributed by atoms with E-state index in [-0.39, 0.29) is 12.4 Å².